The number of nitrogens with zero attached hydrogens (tertiary/aromatic N) is 2. The van der Waals surface area contributed by atoms with Gasteiger partial charge in [0.05, 0.1) is 6.54 Å². The van der Waals surface area contributed by atoms with Crippen LogP contribution < -0.4 is 0 Å². The molecule has 0 N–H and O–H groups in total. The second-order valence-electron chi connectivity index (χ2n) is 6.88. The summed E-state index contributed by atoms with van der Waals surface area (Å²) >= 11 is 6.30. The average molecular weight is 345 g/mol. The minimum Gasteiger partial charge on any atom is -0.339 e. The van der Waals surface area contributed by atoms with Gasteiger partial charge in [0.1, 0.15) is 0 Å². The van der Waals surface area contributed by atoms with Crippen molar-refractivity contribution in [1.29, 1.82) is 0 Å². The number of halogens is 1. The Morgan fingerprint density at radius 1 is 1.21 bits per heavy atom. The summed E-state index contributed by atoms with van der Waals surface area (Å²) in [6.45, 7) is 3.45. The fourth-order valence-corrected chi connectivity index (χ4v) is 4.17. The normalized spacial score (nSPS) is 22.5. The van der Waals surface area contributed by atoms with Crippen LogP contribution in [0.3, 0.4) is 0 Å². The third kappa shape index (κ3) is 3.94. The van der Waals surface area contributed by atoms with Gasteiger partial charge < -0.3 is 4.90 Å². The van der Waals surface area contributed by atoms with Crippen LogP contribution in [0.15, 0.2) is 24.3 Å². The number of benzene rings is 1. The van der Waals surface area contributed by atoms with E-state index in [0.29, 0.717) is 18.5 Å². The first kappa shape index (κ1) is 17.3. The fourth-order valence-electron chi connectivity index (χ4n) is 3.96. The second-order valence-corrected chi connectivity index (χ2v) is 7.28. The SMILES string of the molecule is C#CCN1CCC(C(=O)N2CCC[C@H]2Cc2ccccc2Cl)CC1. The predicted molar refractivity (Wildman–Crippen MR) is 97.9 cm³/mol. The quantitative estimate of drug-likeness (QED) is 0.783. The average Bonchev–Trinajstić information content (AvgIpc) is 3.05. The largest absolute Gasteiger partial charge is 0.339 e. The van der Waals surface area contributed by atoms with Crippen LogP contribution in [0.4, 0.5) is 0 Å². The number of rotatable bonds is 4. The van der Waals surface area contributed by atoms with E-state index in [1.54, 1.807) is 0 Å². The molecule has 0 aliphatic carbocycles. The maximum Gasteiger partial charge on any atom is 0.226 e. The lowest BCUT2D eigenvalue weighted by atomic mass is 9.94. The van der Waals surface area contributed by atoms with Crippen LogP contribution in [-0.4, -0.2) is 47.9 Å². The summed E-state index contributed by atoms with van der Waals surface area (Å²) in [5.41, 5.74) is 1.15. The van der Waals surface area contributed by atoms with Gasteiger partial charge in [-0.25, -0.2) is 0 Å². The van der Waals surface area contributed by atoms with Crippen molar-refractivity contribution >= 4 is 17.5 Å². The highest BCUT2D eigenvalue weighted by atomic mass is 35.5. The van der Waals surface area contributed by atoms with Crippen molar-refractivity contribution < 1.29 is 4.79 Å². The monoisotopic (exact) mass is 344 g/mol. The van der Waals surface area contributed by atoms with Gasteiger partial charge in [-0.15, -0.1) is 6.42 Å². The number of piperidine rings is 1. The lowest BCUT2D eigenvalue weighted by Crippen LogP contribution is -2.45. The van der Waals surface area contributed by atoms with Crippen molar-refractivity contribution in [3.63, 3.8) is 0 Å². The minimum atomic E-state index is 0.158. The molecule has 2 aliphatic rings. The molecule has 4 heteroatoms. The molecule has 2 aliphatic heterocycles. The van der Waals surface area contributed by atoms with Gasteiger partial charge in [0.2, 0.25) is 5.91 Å². The molecule has 1 amide bonds. The Labute approximate surface area is 150 Å². The predicted octanol–water partition coefficient (Wildman–Crippen LogP) is 3.22. The first-order chi connectivity index (χ1) is 11.7. The molecule has 0 saturated carbocycles. The molecule has 1 atom stereocenters. The molecule has 1 aromatic carbocycles. The highest BCUT2D eigenvalue weighted by molar-refractivity contribution is 6.31. The van der Waals surface area contributed by atoms with Crippen LogP contribution >= 0.6 is 11.6 Å². The van der Waals surface area contributed by atoms with Crippen LogP contribution in [0.5, 0.6) is 0 Å². The number of hydrogen-bond donors (Lipinski definition) is 0. The maximum absolute atomic E-state index is 13.0. The molecule has 128 valence electrons. The van der Waals surface area contributed by atoms with Crippen molar-refractivity contribution in [1.82, 2.24) is 9.80 Å². The summed E-state index contributed by atoms with van der Waals surface area (Å²) in [5, 5.41) is 0.805. The van der Waals surface area contributed by atoms with Gasteiger partial charge in [-0.05, 0) is 56.8 Å². The molecule has 2 fully saturated rings. The molecule has 0 unspecified atom stereocenters. The van der Waals surface area contributed by atoms with Crippen LogP contribution in [0.25, 0.3) is 0 Å². The first-order valence-corrected chi connectivity index (χ1v) is 9.26. The Morgan fingerprint density at radius 2 is 1.96 bits per heavy atom. The van der Waals surface area contributed by atoms with Crippen molar-refractivity contribution in [3.8, 4) is 12.3 Å². The lowest BCUT2D eigenvalue weighted by Gasteiger charge is -2.34. The molecule has 0 aromatic heterocycles. The van der Waals surface area contributed by atoms with E-state index < -0.39 is 0 Å². The van der Waals surface area contributed by atoms with Gasteiger partial charge in [0.25, 0.3) is 0 Å². The zero-order valence-corrected chi connectivity index (χ0v) is 14.8. The zero-order valence-electron chi connectivity index (χ0n) is 14.1. The molecule has 3 nitrogen and oxygen atoms in total. The van der Waals surface area contributed by atoms with E-state index >= 15 is 0 Å². The second kappa shape index (κ2) is 8.05. The van der Waals surface area contributed by atoms with Crippen molar-refractivity contribution in [3.05, 3.63) is 34.9 Å². The van der Waals surface area contributed by atoms with Crippen LogP contribution in [0.1, 0.15) is 31.2 Å². The van der Waals surface area contributed by atoms with Gasteiger partial charge >= 0.3 is 0 Å². The van der Waals surface area contributed by atoms with Crippen LogP contribution in [-0.2, 0) is 11.2 Å². The molecular formula is C20H25ClN2O. The summed E-state index contributed by atoms with van der Waals surface area (Å²) in [6.07, 6.45) is 10.3. The van der Waals surface area contributed by atoms with Gasteiger partial charge in [0.15, 0.2) is 0 Å². The smallest absolute Gasteiger partial charge is 0.226 e. The summed E-state index contributed by atoms with van der Waals surface area (Å²) in [6, 6.07) is 8.26. The van der Waals surface area contributed by atoms with Crippen molar-refractivity contribution in [2.24, 2.45) is 5.92 Å². The van der Waals surface area contributed by atoms with Crippen LogP contribution in [0.2, 0.25) is 5.02 Å². The fraction of sp³-hybridized carbons (Fsp3) is 0.550. The molecule has 2 saturated heterocycles. The number of carbonyl (C=O) groups excluding carboxylic acids is 1. The number of terminal acetylenes is 1. The van der Waals surface area contributed by atoms with E-state index in [1.165, 1.54) is 0 Å². The van der Waals surface area contributed by atoms with Gasteiger partial charge in [0, 0.05) is 23.5 Å². The Hall–Kier alpha value is -1.50. The summed E-state index contributed by atoms with van der Waals surface area (Å²) in [7, 11) is 0. The summed E-state index contributed by atoms with van der Waals surface area (Å²) in [4.78, 5) is 17.4. The maximum atomic E-state index is 13.0. The Morgan fingerprint density at radius 3 is 2.67 bits per heavy atom. The third-order valence-electron chi connectivity index (χ3n) is 5.33. The molecule has 0 radical (unpaired) electrons. The number of amides is 1. The molecule has 3 rings (SSSR count). The Balaban J connectivity index is 1.60. The lowest BCUT2D eigenvalue weighted by molar-refractivity contribution is -0.137. The van der Waals surface area contributed by atoms with E-state index in [4.69, 9.17) is 18.0 Å². The van der Waals surface area contributed by atoms with E-state index in [-0.39, 0.29) is 5.92 Å². The molecule has 0 spiro atoms. The van der Waals surface area contributed by atoms with E-state index in [9.17, 15) is 4.79 Å². The Bertz CT molecular complexity index is 616. The molecule has 24 heavy (non-hydrogen) atoms. The molecule has 2 heterocycles. The minimum absolute atomic E-state index is 0.158. The zero-order chi connectivity index (χ0) is 16.9. The topological polar surface area (TPSA) is 23.6 Å². The van der Waals surface area contributed by atoms with Crippen LogP contribution in [0, 0.1) is 18.3 Å². The third-order valence-corrected chi connectivity index (χ3v) is 5.69. The molecule has 1 aromatic rings. The van der Waals surface area contributed by atoms with E-state index in [1.807, 2.05) is 18.2 Å². The summed E-state index contributed by atoms with van der Waals surface area (Å²) < 4.78 is 0. The molecule has 0 bridgehead atoms. The number of likely N-dealkylation sites (tertiary alicyclic amines) is 2. The summed E-state index contributed by atoms with van der Waals surface area (Å²) in [5.74, 6) is 3.19. The molecular weight excluding hydrogens is 320 g/mol. The number of carbonyl (C=O) groups is 1. The van der Waals surface area contributed by atoms with Crippen molar-refractivity contribution in [2.75, 3.05) is 26.2 Å². The van der Waals surface area contributed by atoms with Gasteiger partial charge in [-0.3, -0.25) is 9.69 Å². The standard InChI is InChI=1S/C20H25ClN2O/c1-2-11-22-13-9-16(10-14-22)20(24)23-12-5-7-18(23)15-17-6-3-4-8-19(17)21/h1,3-4,6,8,16,18H,5,7,9-15H2/t18-/m0/s1. The van der Waals surface area contributed by atoms with Gasteiger partial charge in [-0.2, -0.15) is 0 Å². The van der Waals surface area contributed by atoms with E-state index in [2.05, 4.69) is 21.8 Å². The van der Waals surface area contributed by atoms with Gasteiger partial charge in [-0.1, -0.05) is 35.7 Å². The highest BCUT2D eigenvalue weighted by Gasteiger charge is 2.34. The van der Waals surface area contributed by atoms with Crippen molar-refractivity contribution in [2.45, 2.75) is 38.1 Å². The number of hydrogen-bond acceptors (Lipinski definition) is 2. The Kier molecular flexibility index (Phi) is 5.81. The van der Waals surface area contributed by atoms with E-state index in [0.717, 1.165) is 62.3 Å². The first-order valence-electron chi connectivity index (χ1n) is 8.88. The highest BCUT2D eigenvalue weighted by Crippen LogP contribution is 2.28.